The quantitative estimate of drug-likeness (QED) is 0.357. The van der Waals surface area contributed by atoms with E-state index in [2.05, 4.69) is 26.2 Å². The standard InChI is InChI=1S/C24H19BrN2O3/c1-15-7-8-17(24-27-19-5-3-4-6-22(19)30-24)14-20(15)26-23(28)12-9-16-13-18(25)10-11-21(16)29-2/h3-14H,1-2H3,(H,26,28)/b12-9+. The van der Waals surface area contributed by atoms with Crippen LogP contribution >= 0.6 is 15.9 Å². The lowest BCUT2D eigenvalue weighted by Gasteiger charge is -2.08. The first kappa shape index (κ1) is 19.9. The van der Waals surface area contributed by atoms with Crippen molar-refractivity contribution in [3.63, 3.8) is 0 Å². The number of amides is 1. The number of rotatable bonds is 5. The van der Waals surface area contributed by atoms with Gasteiger partial charge in [0, 0.05) is 27.4 Å². The molecule has 0 bridgehead atoms. The maximum Gasteiger partial charge on any atom is 0.248 e. The molecule has 30 heavy (non-hydrogen) atoms. The minimum Gasteiger partial charge on any atom is -0.496 e. The van der Waals surface area contributed by atoms with Gasteiger partial charge in [-0.3, -0.25) is 4.79 Å². The number of fused-ring (bicyclic) bond motifs is 1. The Hall–Kier alpha value is -3.38. The average Bonchev–Trinajstić information content (AvgIpc) is 3.18. The topological polar surface area (TPSA) is 64.4 Å². The number of nitrogens with zero attached hydrogens (tertiary/aromatic N) is 1. The van der Waals surface area contributed by atoms with Crippen LogP contribution in [0.2, 0.25) is 0 Å². The van der Waals surface area contributed by atoms with Crippen molar-refractivity contribution in [3.05, 3.63) is 82.3 Å². The maximum atomic E-state index is 12.5. The number of ether oxygens (including phenoxy) is 1. The summed E-state index contributed by atoms with van der Waals surface area (Å²) in [6, 6.07) is 19.0. The van der Waals surface area contributed by atoms with Crippen LogP contribution in [0.25, 0.3) is 28.6 Å². The van der Waals surface area contributed by atoms with Crippen LogP contribution in [0.5, 0.6) is 5.75 Å². The molecule has 4 aromatic rings. The monoisotopic (exact) mass is 462 g/mol. The van der Waals surface area contributed by atoms with Crippen LogP contribution in [0.1, 0.15) is 11.1 Å². The third-order valence-electron chi connectivity index (χ3n) is 4.64. The smallest absolute Gasteiger partial charge is 0.248 e. The van der Waals surface area contributed by atoms with Crippen molar-refractivity contribution in [2.75, 3.05) is 12.4 Å². The minimum absolute atomic E-state index is 0.241. The molecule has 5 nitrogen and oxygen atoms in total. The number of oxazole rings is 1. The Morgan fingerprint density at radius 1 is 1.13 bits per heavy atom. The van der Waals surface area contributed by atoms with Gasteiger partial charge in [0.25, 0.3) is 0 Å². The molecule has 1 aromatic heterocycles. The van der Waals surface area contributed by atoms with Crippen molar-refractivity contribution < 1.29 is 13.9 Å². The molecular weight excluding hydrogens is 444 g/mol. The number of carbonyl (C=O) groups is 1. The molecule has 0 aliphatic heterocycles. The zero-order chi connectivity index (χ0) is 21.1. The number of carbonyl (C=O) groups excluding carboxylic acids is 1. The van der Waals surface area contributed by atoms with Gasteiger partial charge in [0.2, 0.25) is 11.8 Å². The second-order valence-electron chi connectivity index (χ2n) is 6.73. The van der Waals surface area contributed by atoms with E-state index in [4.69, 9.17) is 9.15 Å². The number of nitrogens with one attached hydrogen (secondary N) is 1. The molecule has 0 atom stereocenters. The normalized spacial score (nSPS) is 11.2. The average molecular weight is 463 g/mol. The fourth-order valence-electron chi connectivity index (χ4n) is 3.06. The molecular formula is C24H19BrN2O3. The number of methoxy groups -OCH3 is 1. The predicted octanol–water partition coefficient (Wildman–Crippen LogP) is 6.23. The second kappa shape index (κ2) is 8.55. The van der Waals surface area contributed by atoms with Crippen LogP contribution in [0.3, 0.4) is 0 Å². The fourth-order valence-corrected chi connectivity index (χ4v) is 3.44. The fraction of sp³-hybridized carbons (Fsp3) is 0.0833. The largest absolute Gasteiger partial charge is 0.496 e. The summed E-state index contributed by atoms with van der Waals surface area (Å²) in [4.78, 5) is 17.0. The number of halogens is 1. The Labute approximate surface area is 182 Å². The number of hydrogen-bond donors (Lipinski definition) is 1. The first-order chi connectivity index (χ1) is 14.5. The predicted molar refractivity (Wildman–Crippen MR) is 123 cm³/mol. The number of benzene rings is 3. The van der Waals surface area contributed by atoms with E-state index >= 15 is 0 Å². The van der Waals surface area contributed by atoms with Crippen molar-refractivity contribution in [1.29, 1.82) is 0 Å². The van der Waals surface area contributed by atoms with E-state index in [1.807, 2.05) is 67.6 Å². The van der Waals surface area contributed by atoms with Gasteiger partial charge in [-0.05, 0) is 61.0 Å². The van der Waals surface area contributed by atoms with Gasteiger partial charge in [0.15, 0.2) is 5.58 Å². The lowest BCUT2D eigenvalue weighted by molar-refractivity contribution is -0.111. The summed E-state index contributed by atoms with van der Waals surface area (Å²) in [7, 11) is 1.60. The van der Waals surface area contributed by atoms with E-state index in [1.165, 1.54) is 6.08 Å². The summed E-state index contributed by atoms with van der Waals surface area (Å²) >= 11 is 3.43. The summed E-state index contributed by atoms with van der Waals surface area (Å²) in [5, 5.41) is 2.93. The maximum absolute atomic E-state index is 12.5. The molecule has 150 valence electrons. The molecule has 0 saturated heterocycles. The van der Waals surface area contributed by atoms with E-state index in [1.54, 1.807) is 13.2 Å². The summed E-state index contributed by atoms with van der Waals surface area (Å²) in [6.45, 7) is 1.94. The van der Waals surface area contributed by atoms with Gasteiger partial charge >= 0.3 is 0 Å². The molecule has 6 heteroatoms. The van der Waals surface area contributed by atoms with Crippen LogP contribution in [0, 0.1) is 6.92 Å². The molecule has 0 saturated carbocycles. The third-order valence-corrected chi connectivity index (χ3v) is 5.14. The molecule has 3 aromatic carbocycles. The first-order valence-corrected chi connectivity index (χ1v) is 10.1. The zero-order valence-corrected chi connectivity index (χ0v) is 18.1. The molecule has 0 spiro atoms. The Kier molecular flexibility index (Phi) is 5.68. The molecule has 0 radical (unpaired) electrons. The molecule has 1 N–H and O–H groups in total. The summed E-state index contributed by atoms with van der Waals surface area (Å²) in [5.41, 5.74) is 4.76. The molecule has 0 unspecified atom stereocenters. The van der Waals surface area contributed by atoms with E-state index in [-0.39, 0.29) is 5.91 Å². The second-order valence-corrected chi connectivity index (χ2v) is 7.64. The number of anilines is 1. The highest BCUT2D eigenvalue weighted by Gasteiger charge is 2.11. The lowest BCUT2D eigenvalue weighted by atomic mass is 10.1. The van der Waals surface area contributed by atoms with Gasteiger partial charge in [0.05, 0.1) is 7.11 Å². The van der Waals surface area contributed by atoms with E-state index in [0.29, 0.717) is 17.3 Å². The number of aryl methyl sites for hydroxylation is 1. The highest BCUT2D eigenvalue weighted by atomic mass is 79.9. The van der Waals surface area contributed by atoms with Gasteiger partial charge in [-0.15, -0.1) is 0 Å². The van der Waals surface area contributed by atoms with Crippen molar-refractivity contribution >= 4 is 44.7 Å². The molecule has 4 rings (SSSR count). The SMILES string of the molecule is COc1ccc(Br)cc1/C=C/C(=O)Nc1cc(-c2nc3ccccc3o2)ccc1C. The molecule has 0 fully saturated rings. The molecule has 0 aliphatic rings. The van der Waals surface area contributed by atoms with Gasteiger partial charge in [-0.1, -0.05) is 34.1 Å². The zero-order valence-electron chi connectivity index (χ0n) is 16.5. The summed E-state index contributed by atoms with van der Waals surface area (Å²) < 4.78 is 12.1. The van der Waals surface area contributed by atoms with Crippen LogP contribution in [-0.4, -0.2) is 18.0 Å². The summed E-state index contributed by atoms with van der Waals surface area (Å²) in [5.74, 6) is 0.965. The van der Waals surface area contributed by atoms with Gasteiger partial charge in [0.1, 0.15) is 11.3 Å². The van der Waals surface area contributed by atoms with Crippen LogP contribution in [-0.2, 0) is 4.79 Å². The third kappa shape index (κ3) is 4.28. The van der Waals surface area contributed by atoms with Gasteiger partial charge < -0.3 is 14.5 Å². The van der Waals surface area contributed by atoms with Gasteiger partial charge in [-0.25, -0.2) is 4.98 Å². The Morgan fingerprint density at radius 2 is 1.97 bits per heavy atom. The first-order valence-electron chi connectivity index (χ1n) is 9.33. The van der Waals surface area contributed by atoms with Crippen LogP contribution < -0.4 is 10.1 Å². The lowest BCUT2D eigenvalue weighted by Crippen LogP contribution is -2.09. The van der Waals surface area contributed by atoms with Crippen LogP contribution in [0.15, 0.2) is 75.6 Å². The Morgan fingerprint density at radius 3 is 2.77 bits per heavy atom. The van der Waals surface area contributed by atoms with E-state index in [0.717, 1.165) is 32.3 Å². The van der Waals surface area contributed by atoms with Crippen LogP contribution in [0.4, 0.5) is 5.69 Å². The Bertz CT molecular complexity index is 1230. The highest BCUT2D eigenvalue weighted by molar-refractivity contribution is 9.10. The van der Waals surface area contributed by atoms with Crippen molar-refractivity contribution in [2.45, 2.75) is 6.92 Å². The number of hydrogen-bond acceptors (Lipinski definition) is 4. The molecule has 1 amide bonds. The van der Waals surface area contributed by atoms with Gasteiger partial charge in [-0.2, -0.15) is 0 Å². The summed E-state index contributed by atoms with van der Waals surface area (Å²) in [6.07, 6.45) is 3.20. The van der Waals surface area contributed by atoms with Crippen molar-refractivity contribution in [2.24, 2.45) is 0 Å². The number of para-hydroxylation sites is 2. The van der Waals surface area contributed by atoms with Crippen molar-refractivity contribution in [3.8, 4) is 17.2 Å². The number of aromatic nitrogens is 1. The molecule has 0 aliphatic carbocycles. The molecule has 1 heterocycles. The highest BCUT2D eigenvalue weighted by Crippen LogP contribution is 2.28. The van der Waals surface area contributed by atoms with Crippen molar-refractivity contribution in [1.82, 2.24) is 4.98 Å². The Balaban J connectivity index is 1.56. The van der Waals surface area contributed by atoms with E-state index in [9.17, 15) is 4.79 Å². The minimum atomic E-state index is -0.241. The van der Waals surface area contributed by atoms with E-state index < -0.39 is 0 Å².